The van der Waals surface area contributed by atoms with E-state index in [9.17, 15) is 0 Å². The minimum atomic E-state index is -0.340. The van der Waals surface area contributed by atoms with Crippen molar-refractivity contribution in [2.75, 3.05) is 0 Å². The van der Waals surface area contributed by atoms with Gasteiger partial charge in [-0.15, -0.1) is 0 Å². The first-order valence-corrected chi connectivity index (χ1v) is 6.54. The number of aromatic nitrogens is 1. The Morgan fingerprint density at radius 1 is 1.21 bits per heavy atom. The fourth-order valence-electron chi connectivity index (χ4n) is 1.85. The summed E-state index contributed by atoms with van der Waals surface area (Å²) >= 11 is 0. The Balaban J connectivity index is 2.08. The summed E-state index contributed by atoms with van der Waals surface area (Å²) in [6.07, 6.45) is 1.90. The molecule has 102 valence electrons. The van der Waals surface area contributed by atoms with E-state index in [2.05, 4.69) is 4.98 Å². The summed E-state index contributed by atoms with van der Waals surface area (Å²) < 4.78 is 11.8. The first kappa shape index (κ1) is 14.2. The van der Waals surface area contributed by atoms with Gasteiger partial charge >= 0.3 is 7.12 Å². The van der Waals surface area contributed by atoms with Crippen molar-refractivity contribution in [1.82, 2.24) is 4.98 Å². The van der Waals surface area contributed by atoms with Crippen LogP contribution in [0.2, 0.25) is 0 Å². The van der Waals surface area contributed by atoms with Crippen LogP contribution >= 0.6 is 0 Å². The first-order valence-electron chi connectivity index (χ1n) is 6.54. The van der Waals surface area contributed by atoms with Gasteiger partial charge in [-0.3, -0.25) is 4.98 Å². The van der Waals surface area contributed by atoms with E-state index in [0.29, 0.717) is 6.54 Å². The number of hydrogen-bond donors (Lipinski definition) is 1. The smallest absolute Gasteiger partial charge is 0.400 e. The van der Waals surface area contributed by atoms with Gasteiger partial charge < -0.3 is 15.0 Å². The van der Waals surface area contributed by atoms with Crippen molar-refractivity contribution >= 4 is 13.2 Å². The zero-order valence-electron chi connectivity index (χ0n) is 12.0. The number of nitrogens with two attached hydrogens (primary N) is 1. The van der Waals surface area contributed by atoms with Crippen LogP contribution < -0.4 is 5.73 Å². The Labute approximate surface area is 115 Å². The highest BCUT2D eigenvalue weighted by Gasteiger charge is 2.49. The summed E-state index contributed by atoms with van der Waals surface area (Å²) in [4.78, 5) is 4.40. The van der Waals surface area contributed by atoms with Crippen LogP contribution in [-0.4, -0.2) is 23.3 Å². The predicted molar refractivity (Wildman–Crippen MR) is 77.2 cm³/mol. The normalized spacial score (nSPS) is 21.2. The molecule has 0 atom stereocenters. The van der Waals surface area contributed by atoms with Crippen LogP contribution in [0.3, 0.4) is 0 Å². The molecule has 2 rings (SSSR count). The second-order valence-corrected chi connectivity index (χ2v) is 5.74. The second-order valence-electron chi connectivity index (χ2n) is 5.74. The Morgan fingerprint density at radius 2 is 1.84 bits per heavy atom. The molecular weight excluding hydrogens is 239 g/mol. The van der Waals surface area contributed by atoms with Crippen LogP contribution in [0.25, 0.3) is 6.08 Å². The topological polar surface area (TPSA) is 57.4 Å². The van der Waals surface area contributed by atoms with Crippen molar-refractivity contribution in [3.8, 4) is 0 Å². The molecule has 2 N–H and O–H groups in total. The minimum Gasteiger partial charge on any atom is -0.400 e. The molecule has 0 aromatic carbocycles. The minimum absolute atomic E-state index is 0.311. The molecule has 0 bridgehead atoms. The largest absolute Gasteiger partial charge is 0.487 e. The molecule has 0 aliphatic carbocycles. The molecule has 5 heteroatoms. The van der Waals surface area contributed by atoms with Gasteiger partial charge in [-0.25, -0.2) is 0 Å². The molecule has 4 nitrogen and oxygen atoms in total. The lowest BCUT2D eigenvalue weighted by Gasteiger charge is -2.32. The maximum atomic E-state index is 5.88. The third-order valence-corrected chi connectivity index (χ3v) is 3.73. The summed E-state index contributed by atoms with van der Waals surface area (Å²) in [6, 6.07) is 5.78. The molecule has 1 aliphatic heterocycles. The lowest BCUT2D eigenvalue weighted by molar-refractivity contribution is 0.00578. The van der Waals surface area contributed by atoms with Crippen LogP contribution in [0.1, 0.15) is 39.1 Å². The van der Waals surface area contributed by atoms with Crippen LogP contribution in [0, 0.1) is 0 Å². The van der Waals surface area contributed by atoms with E-state index >= 15 is 0 Å². The third-order valence-electron chi connectivity index (χ3n) is 3.73. The van der Waals surface area contributed by atoms with Gasteiger partial charge in [-0.2, -0.15) is 0 Å². The number of hydrogen-bond acceptors (Lipinski definition) is 4. The van der Waals surface area contributed by atoms with E-state index in [0.717, 1.165) is 11.4 Å². The van der Waals surface area contributed by atoms with Crippen LogP contribution in [0.4, 0.5) is 0 Å². The maximum absolute atomic E-state index is 5.88. The average molecular weight is 260 g/mol. The molecule has 0 unspecified atom stereocenters. The summed E-state index contributed by atoms with van der Waals surface area (Å²) in [7, 11) is -0.340. The van der Waals surface area contributed by atoms with Gasteiger partial charge in [-0.1, -0.05) is 12.0 Å². The fourth-order valence-corrected chi connectivity index (χ4v) is 1.85. The lowest BCUT2D eigenvalue weighted by atomic mass is 9.89. The molecular formula is C14H21BN2O2. The van der Waals surface area contributed by atoms with Gasteiger partial charge in [0.1, 0.15) is 0 Å². The molecule has 1 aromatic rings. The monoisotopic (exact) mass is 260 g/mol. The van der Waals surface area contributed by atoms with Crippen LogP contribution in [-0.2, 0) is 15.9 Å². The van der Waals surface area contributed by atoms with Gasteiger partial charge in [0.25, 0.3) is 0 Å². The van der Waals surface area contributed by atoms with Crippen molar-refractivity contribution < 1.29 is 9.31 Å². The van der Waals surface area contributed by atoms with Crippen molar-refractivity contribution in [1.29, 1.82) is 0 Å². The van der Waals surface area contributed by atoms with Crippen molar-refractivity contribution in [2.24, 2.45) is 5.73 Å². The van der Waals surface area contributed by atoms with Gasteiger partial charge in [0.05, 0.1) is 22.6 Å². The van der Waals surface area contributed by atoms with Crippen LogP contribution in [0.5, 0.6) is 0 Å². The first-order chi connectivity index (χ1) is 8.84. The van der Waals surface area contributed by atoms with E-state index in [1.165, 1.54) is 0 Å². The summed E-state index contributed by atoms with van der Waals surface area (Å²) in [5.74, 6) is 1.89. The molecule has 1 aliphatic rings. The SMILES string of the molecule is CC1(C)OB(/C=C/c2cccc(CN)n2)OC1(C)C. The molecule has 1 fully saturated rings. The van der Waals surface area contributed by atoms with Gasteiger partial charge in [0.15, 0.2) is 0 Å². The van der Waals surface area contributed by atoms with E-state index in [1.807, 2.05) is 57.9 Å². The standard InChI is InChI=1S/C14H21BN2O2/c1-13(2)14(3,4)19-15(18-13)9-8-11-6-5-7-12(10-16)17-11/h5-9H,10,16H2,1-4H3/b9-8+. The Hall–Kier alpha value is -1.17. The van der Waals surface area contributed by atoms with Gasteiger partial charge in [-0.05, 0) is 45.9 Å². The average Bonchev–Trinajstić information content (AvgIpc) is 2.56. The summed E-state index contributed by atoms with van der Waals surface area (Å²) in [5, 5.41) is 0. The predicted octanol–water partition coefficient (Wildman–Crippen LogP) is 2.18. The van der Waals surface area contributed by atoms with Crippen molar-refractivity contribution in [3.05, 3.63) is 35.6 Å². The lowest BCUT2D eigenvalue weighted by Crippen LogP contribution is -2.41. The number of nitrogens with zero attached hydrogens (tertiary/aromatic N) is 1. The maximum Gasteiger partial charge on any atom is 0.487 e. The molecule has 19 heavy (non-hydrogen) atoms. The van der Waals surface area contributed by atoms with Crippen molar-refractivity contribution in [2.45, 2.75) is 45.4 Å². The summed E-state index contributed by atoms with van der Waals surface area (Å²) in [5.41, 5.74) is 6.68. The van der Waals surface area contributed by atoms with Gasteiger partial charge in [0.2, 0.25) is 0 Å². The summed E-state index contributed by atoms with van der Waals surface area (Å²) in [6.45, 7) is 8.59. The molecule has 0 radical (unpaired) electrons. The van der Waals surface area contributed by atoms with E-state index in [4.69, 9.17) is 15.0 Å². The highest BCUT2D eigenvalue weighted by atomic mass is 16.7. The molecule has 2 heterocycles. The van der Waals surface area contributed by atoms with E-state index < -0.39 is 0 Å². The Morgan fingerprint density at radius 3 is 2.42 bits per heavy atom. The zero-order chi connectivity index (χ0) is 14.1. The van der Waals surface area contributed by atoms with Gasteiger partial charge in [0, 0.05) is 6.54 Å². The van der Waals surface area contributed by atoms with E-state index in [-0.39, 0.29) is 18.3 Å². The van der Waals surface area contributed by atoms with Crippen LogP contribution in [0.15, 0.2) is 24.2 Å². The van der Waals surface area contributed by atoms with Crippen molar-refractivity contribution in [3.63, 3.8) is 0 Å². The molecule has 0 spiro atoms. The Kier molecular flexibility index (Phi) is 3.81. The molecule has 0 saturated carbocycles. The number of pyridine rings is 1. The third kappa shape index (κ3) is 3.05. The molecule has 1 aromatic heterocycles. The zero-order valence-corrected chi connectivity index (χ0v) is 12.0. The number of rotatable bonds is 3. The molecule has 0 amide bonds. The second kappa shape index (κ2) is 5.08. The van der Waals surface area contributed by atoms with E-state index in [1.54, 1.807) is 0 Å². The highest BCUT2D eigenvalue weighted by molar-refractivity contribution is 6.52. The molecule has 1 saturated heterocycles. The Bertz CT molecular complexity index is 470. The quantitative estimate of drug-likeness (QED) is 0.846. The fraction of sp³-hybridized carbons (Fsp3) is 0.500. The highest BCUT2D eigenvalue weighted by Crippen LogP contribution is 2.36.